The van der Waals surface area contributed by atoms with Gasteiger partial charge in [0, 0.05) is 11.5 Å². The molecule has 0 saturated carbocycles. The highest BCUT2D eigenvalue weighted by molar-refractivity contribution is 5.44. The molecule has 11 heavy (non-hydrogen) atoms. The minimum absolute atomic E-state index is 0.836. The number of ether oxygens (including phenoxy) is 1. The van der Waals surface area contributed by atoms with Crippen LogP contribution >= 0.6 is 0 Å². The van der Waals surface area contributed by atoms with Crippen LogP contribution in [-0.4, -0.2) is 6.61 Å². The standard InChI is InChI=1S/C10H11O/c1-8-6-7-11-10-5-3-2-4-9(8)10/h2-5H,6-7H2,1H3. The smallest absolute Gasteiger partial charge is 0.123 e. The van der Waals surface area contributed by atoms with Crippen LogP contribution in [0.5, 0.6) is 5.75 Å². The van der Waals surface area contributed by atoms with E-state index in [2.05, 4.69) is 19.1 Å². The van der Waals surface area contributed by atoms with Gasteiger partial charge in [-0.25, -0.2) is 0 Å². The Labute approximate surface area is 67.0 Å². The molecule has 0 N–H and O–H groups in total. The van der Waals surface area contributed by atoms with Crippen LogP contribution in [0.2, 0.25) is 0 Å². The molecule has 0 unspecified atom stereocenters. The van der Waals surface area contributed by atoms with Crippen molar-refractivity contribution in [3.63, 3.8) is 0 Å². The predicted octanol–water partition coefficient (Wildman–Crippen LogP) is 2.41. The lowest BCUT2D eigenvalue weighted by Crippen LogP contribution is -2.11. The summed E-state index contributed by atoms with van der Waals surface area (Å²) < 4.78 is 5.47. The maximum absolute atomic E-state index is 5.47. The molecule has 0 bridgehead atoms. The van der Waals surface area contributed by atoms with E-state index in [0.717, 1.165) is 18.8 Å². The zero-order valence-corrected chi connectivity index (χ0v) is 6.63. The van der Waals surface area contributed by atoms with E-state index in [0.29, 0.717) is 0 Å². The van der Waals surface area contributed by atoms with Gasteiger partial charge >= 0.3 is 0 Å². The van der Waals surface area contributed by atoms with Crippen molar-refractivity contribution in [2.75, 3.05) is 6.61 Å². The third kappa shape index (κ3) is 1.11. The van der Waals surface area contributed by atoms with Gasteiger partial charge in [-0.15, -0.1) is 0 Å². The highest BCUT2D eigenvalue weighted by atomic mass is 16.5. The van der Waals surface area contributed by atoms with Crippen molar-refractivity contribution in [3.8, 4) is 5.75 Å². The molecule has 0 aromatic heterocycles. The molecule has 0 amide bonds. The third-order valence-corrected chi connectivity index (χ3v) is 2.08. The van der Waals surface area contributed by atoms with Gasteiger partial charge in [0.15, 0.2) is 0 Å². The molecule has 0 spiro atoms. The molecule has 1 aliphatic rings. The van der Waals surface area contributed by atoms with Crippen LogP contribution in [-0.2, 0) is 0 Å². The van der Waals surface area contributed by atoms with Gasteiger partial charge in [-0.2, -0.15) is 0 Å². The molecule has 57 valence electrons. The zero-order valence-electron chi connectivity index (χ0n) is 6.63. The lowest BCUT2D eigenvalue weighted by atomic mass is 9.95. The van der Waals surface area contributed by atoms with Crippen molar-refractivity contribution >= 4 is 0 Å². The SMILES string of the molecule is C[C]1CCOc2ccccc21. The normalized spacial score (nSPS) is 17.2. The lowest BCUT2D eigenvalue weighted by Gasteiger charge is -2.21. The van der Waals surface area contributed by atoms with Gasteiger partial charge in [-0.1, -0.05) is 25.1 Å². The van der Waals surface area contributed by atoms with E-state index in [-0.39, 0.29) is 0 Å². The lowest BCUT2D eigenvalue weighted by molar-refractivity contribution is 0.297. The Balaban J connectivity index is 2.44. The highest BCUT2D eigenvalue weighted by Gasteiger charge is 2.16. The third-order valence-electron chi connectivity index (χ3n) is 2.08. The first-order valence-electron chi connectivity index (χ1n) is 3.92. The van der Waals surface area contributed by atoms with E-state index < -0.39 is 0 Å². The average Bonchev–Trinajstić information content (AvgIpc) is 2.06. The Morgan fingerprint density at radius 2 is 2.09 bits per heavy atom. The molecule has 0 fully saturated rings. The Bertz CT molecular complexity index is 255. The second kappa shape index (κ2) is 2.57. The molecule has 1 heterocycles. The number of benzene rings is 1. The quantitative estimate of drug-likeness (QED) is 0.547. The first kappa shape index (κ1) is 6.71. The van der Waals surface area contributed by atoms with Crippen LogP contribution in [0.4, 0.5) is 0 Å². The summed E-state index contributed by atoms with van der Waals surface area (Å²) in [7, 11) is 0. The van der Waals surface area contributed by atoms with Crippen molar-refractivity contribution in [2.45, 2.75) is 13.3 Å². The number of para-hydroxylation sites is 1. The Kier molecular flexibility index (Phi) is 1.57. The number of hydrogen-bond donors (Lipinski definition) is 0. The summed E-state index contributed by atoms with van der Waals surface area (Å²) in [6.07, 6.45) is 1.07. The van der Waals surface area contributed by atoms with Gasteiger partial charge in [0.05, 0.1) is 6.61 Å². The fourth-order valence-electron chi connectivity index (χ4n) is 1.39. The summed E-state index contributed by atoms with van der Waals surface area (Å²) in [5, 5.41) is 0. The molecule has 1 nitrogen and oxygen atoms in total. The number of rotatable bonds is 0. The molecule has 0 aliphatic carbocycles. The van der Waals surface area contributed by atoms with Gasteiger partial charge in [0.25, 0.3) is 0 Å². The summed E-state index contributed by atoms with van der Waals surface area (Å²) in [6, 6.07) is 8.20. The van der Waals surface area contributed by atoms with Crippen molar-refractivity contribution < 1.29 is 4.74 Å². The molecular weight excluding hydrogens is 136 g/mol. The van der Waals surface area contributed by atoms with E-state index in [1.54, 1.807) is 0 Å². The van der Waals surface area contributed by atoms with Gasteiger partial charge in [0.2, 0.25) is 0 Å². The summed E-state index contributed by atoms with van der Waals surface area (Å²) >= 11 is 0. The van der Waals surface area contributed by atoms with Crippen molar-refractivity contribution in [3.05, 3.63) is 35.7 Å². The minimum atomic E-state index is 0.836. The van der Waals surface area contributed by atoms with Crippen molar-refractivity contribution in [1.82, 2.24) is 0 Å². The fourth-order valence-corrected chi connectivity index (χ4v) is 1.39. The summed E-state index contributed by atoms with van der Waals surface area (Å²) in [5.41, 5.74) is 1.28. The van der Waals surface area contributed by atoms with E-state index in [4.69, 9.17) is 4.74 Å². The van der Waals surface area contributed by atoms with E-state index >= 15 is 0 Å². The van der Waals surface area contributed by atoms with Crippen LogP contribution in [0.3, 0.4) is 0 Å². The minimum Gasteiger partial charge on any atom is -0.493 e. The maximum Gasteiger partial charge on any atom is 0.123 e. The zero-order chi connectivity index (χ0) is 7.68. The fraction of sp³-hybridized carbons (Fsp3) is 0.300. The largest absolute Gasteiger partial charge is 0.493 e. The van der Waals surface area contributed by atoms with E-state index in [1.165, 1.54) is 11.5 Å². The van der Waals surface area contributed by atoms with Gasteiger partial charge in [-0.3, -0.25) is 0 Å². The van der Waals surface area contributed by atoms with Crippen molar-refractivity contribution in [1.29, 1.82) is 0 Å². The topological polar surface area (TPSA) is 9.23 Å². The van der Waals surface area contributed by atoms with Gasteiger partial charge in [-0.05, 0) is 12.5 Å². The second-order valence-electron chi connectivity index (χ2n) is 2.87. The Morgan fingerprint density at radius 3 is 2.91 bits per heavy atom. The molecular formula is C10H11O. The Hall–Kier alpha value is -0.980. The van der Waals surface area contributed by atoms with Crippen LogP contribution in [0.15, 0.2) is 24.3 Å². The molecule has 1 aliphatic heterocycles. The maximum atomic E-state index is 5.47. The highest BCUT2D eigenvalue weighted by Crippen LogP contribution is 2.31. The van der Waals surface area contributed by atoms with E-state index in [1.807, 2.05) is 12.1 Å². The average molecular weight is 147 g/mol. The molecule has 0 saturated heterocycles. The second-order valence-corrected chi connectivity index (χ2v) is 2.87. The first-order chi connectivity index (χ1) is 5.38. The Morgan fingerprint density at radius 1 is 1.27 bits per heavy atom. The molecule has 1 aromatic carbocycles. The molecule has 1 heteroatoms. The van der Waals surface area contributed by atoms with E-state index in [9.17, 15) is 0 Å². The van der Waals surface area contributed by atoms with Crippen LogP contribution < -0.4 is 4.74 Å². The summed E-state index contributed by atoms with van der Waals surface area (Å²) in [6.45, 7) is 3.00. The first-order valence-corrected chi connectivity index (χ1v) is 3.92. The predicted molar refractivity (Wildman–Crippen MR) is 44.6 cm³/mol. The van der Waals surface area contributed by atoms with Crippen LogP contribution in [0.25, 0.3) is 0 Å². The molecule has 1 radical (unpaired) electrons. The van der Waals surface area contributed by atoms with Crippen molar-refractivity contribution in [2.24, 2.45) is 0 Å². The number of fused-ring (bicyclic) bond motifs is 1. The van der Waals surface area contributed by atoms with Gasteiger partial charge < -0.3 is 4.74 Å². The monoisotopic (exact) mass is 147 g/mol. The molecule has 2 rings (SSSR count). The van der Waals surface area contributed by atoms with Gasteiger partial charge in [0.1, 0.15) is 5.75 Å². The van der Waals surface area contributed by atoms with Crippen LogP contribution in [0.1, 0.15) is 18.9 Å². The molecule has 1 aromatic rings. The number of hydrogen-bond acceptors (Lipinski definition) is 1. The summed E-state index contributed by atoms with van der Waals surface area (Å²) in [5.74, 6) is 2.48. The van der Waals surface area contributed by atoms with Crippen LogP contribution in [0, 0.1) is 5.92 Å². The molecule has 0 atom stereocenters. The summed E-state index contributed by atoms with van der Waals surface area (Å²) in [4.78, 5) is 0.